The van der Waals surface area contributed by atoms with Crippen LogP contribution in [0.2, 0.25) is 0 Å². The van der Waals surface area contributed by atoms with Gasteiger partial charge in [-0.2, -0.15) is 17.6 Å². The summed E-state index contributed by atoms with van der Waals surface area (Å²) in [5.41, 5.74) is 0.897. The molecular weight excluding hydrogens is 370 g/mol. The summed E-state index contributed by atoms with van der Waals surface area (Å²) in [6.07, 6.45) is 2.66. The van der Waals surface area contributed by atoms with Gasteiger partial charge in [0.25, 0.3) is 0 Å². The lowest BCUT2D eigenvalue weighted by atomic mass is 10.2. The highest BCUT2D eigenvalue weighted by Crippen LogP contribution is 2.29. The molecule has 0 unspecified atom stereocenters. The van der Waals surface area contributed by atoms with Gasteiger partial charge in [-0.3, -0.25) is 4.79 Å². The van der Waals surface area contributed by atoms with Gasteiger partial charge in [-0.1, -0.05) is 6.07 Å². The van der Waals surface area contributed by atoms with E-state index in [0.717, 1.165) is 0 Å². The van der Waals surface area contributed by atoms with E-state index >= 15 is 0 Å². The highest BCUT2D eigenvalue weighted by Gasteiger charge is 2.10. The first kappa shape index (κ1) is 20.1. The Bertz CT molecular complexity index is 794. The Kier molecular flexibility index (Phi) is 7.04. The number of methoxy groups -OCH3 is 1. The maximum absolute atomic E-state index is 12.3. The Morgan fingerprint density at radius 3 is 2.22 bits per heavy atom. The number of carbonyl (C=O) groups is 1. The highest BCUT2D eigenvalue weighted by atomic mass is 19.3. The second kappa shape index (κ2) is 9.46. The lowest BCUT2D eigenvalue weighted by Gasteiger charge is -2.10. The smallest absolute Gasteiger partial charge is 0.387 e. The third-order valence-electron chi connectivity index (χ3n) is 3.18. The number of nitrogens with one attached hydrogen (secondary N) is 1. The molecule has 0 heterocycles. The Balaban J connectivity index is 1.99. The van der Waals surface area contributed by atoms with Gasteiger partial charge in [0.1, 0.15) is 5.75 Å². The van der Waals surface area contributed by atoms with Crippen LogP contribution in [-0.4, -0.2) is 26.2 Å². The largest absolute Gasteiger partial charge is 0.493 e. The average Bonchev–Trinajstić information content (AvgIpc) is 2.61. The SMILES string of the molecule is COc1cc(/C=C/C(=O)Nc2ccc(OC(F)F)cc2)ccc1OC(F)F. The molecular formula is C18H15F4NO4. The van der Waals surface area contributed by atoms with Crippen LogP contribution in [0.3, 0.4) is 0 Å². The predicted molar refractivity (Wildman–Crippen MR) is 90.4 cm³/mol. The monoisotopic (exact) mass is 385 g/mol. The summed E-state index contributed by atoms with van der Waals surface area (Å²) >= 11 is 0. The molecule has 27 heavy (non-hydrogen) atoms. The number of carbonyl (C=O) groups excluding carboxylic acids is 1. The van der Waals surface area contributed by atoms with Crippen molar-refractivity contribution in [3.8, 4) is 17.2 Å². The van der Waals surface area contributed by atoms with Crippen molar-refractivity contribution in [2.24, 2.45) is 0 Å². The Morgan fingerprint density at radius 2 is 1.63 bits per heavy atom. The summed E-state index contributed by atoms with van der Waals surface area (Å²) < 4.78 is 62.2. The van der Waals surface area contributed by atoms with Crippen LogP contribution < -0.4 is 19.5 Å². The normalized spacial score (nSPS) is 11.1. The molecule has 0 bridgehead atoms. The van der Waals surface area contributed by atoms with E-state index in [4.69, 9.17) is 4.74 Å². The van der Waals surface area contributed by atoms with Crippen molar-refractivity contribution < 1.29 is 36.6 Å². The zero-order valence-corrected chi connectivity index (χ0v) is 14.0. The number of hydrogen-bond donors (Lipinski definition) is 1. The third kappa shape index (κ3) is 6.53. The average molecular weight is 385 g/mol. The minimum atomic E-state index is -2.98. The van der Waals surface area contributed by atoms with Crippen LogP contribution in [0.5, 0.6) is 17.2 Å². The topological polar surface area (TPSA) is 56.8 Å². The van der Waals surface area contributed by atoms with E-state index in [2.05, 4.69) is 14.8 Å². The molecule has 2 aromatic carbocycles. The van der Waals surface area contributed by atoms with Gasteiger partial charge in [0.2, 0.25) is 5.91 Å². The van der Waals surface area contributed by atoms with E-state index in [1.807, 2.05) is 0 Å². The number of anilines is 1. The summed E-state index contributed by atoms with van der Waals surface area (Å²) in [6, 6.07) is 9.59. The maximum atomic E-state index is 12.3. The van der Waals surface area contributed by atoms with E-state index in [-0.39, 0.29) is 17.2 Å². The molecule has 1 amide bonds. The summed E-state index contributed by atoms with van der Waals surface area (Å²) in [7, 11) is 1.30. The number of hydrogen-bond acceptors (Lipinski definition) is 4. The molecule has 0 aromatic heterocycles. The fourth-order valence-electron chi connectivity index (χ4n) is 2.06. The molecule has 2 aromatic rings. The van der Waals surface area contributed by atoms with Crippen molar-refractivity contribution in [3.05, 3.63) is 54.1 Å². The van der Waals surface area contributed by atoms with Gasteiger partial charge in [-0.05, 0) is 48.0 Å². The molecule has 0 aliphatic carbocycles. The summed E-state index contributed by atoms with van der Waals surface area (Å²) in [4.78, 5) is 11.9. The standard InChI is InChI=1S/C18H15F4NO4/c1-25-15-10-11(2-8-14(15)27-18(21)22)3-9-16(24)23-12-4-6-13(7-5-12)26-17(19)20/h2-10,17-18H,1H3,(H,23,24)/b9-3+. The molecule has 0 atom stereocenters. The van der Waals surface area contributed by atoms with E-state index in [9.17, 15) is 22.4 Å². The molecule has 0 radical (unpaired) electrons. The molecule has 2 rings (SSSR count). The third-order valence-corrected chi connectivity index (χ3v) is 3.18. The molecule has 0 saturated carbocycles. The fraction of sp³-hybridized carbons (Fsp3) is 0.167. The van der Waals surface area contributed by atoms with Crippen molar-refractivity contribution in [2.45, 2.75) is 13.2 Å². The van der Waals surface area contributed by atoms with Crippen molar-refractivity contribution in [1.29, 1.82) is 0 Å². The van der Waals surface area contributed by atoms with Gasteiger partial charge in [0, 0.05) is 11.8 Å². The highest BCUT2D eigenvalue weighted by molar-refractivity contribution is 6.01. The summed E-state index contributed by atoms with van der Waals surface area (Å²) in [5.74, 6) is -0.547. The van der Waals surface area contributed by atoms with Gasteiger partial charge in [-0.15, -0.1) is 0 Å². The van der Waals surface area contributed by atoms with Gasteiger partial charge in [-0.25, -0.2) is 0 Å². The molecule has 0 fully saturated rings. The zero-order chi connectivity index (χ0) is 19.8. The molecule has 0 spiro atoms. The first-order valence-corrected chi connectivity index (χ1v) is 7.54. The van der Waals surface area contributed by atoms with E-state index in [0.29, 0.717) is 11.3 Å². The lowest BCUT2D eigenvalue weighted by molar-refractivity contribution is -0.111. The Labute approximate surface area is 152 Å². The molecule has 1 N–H and O–H groups in total. The summed E-state index contributed by atoms with van der Waals surface area (Å²) in [6.45, 7) is -5.91. The fourth-order valence-corrected chi connectivity index (χ4v) is 2.06. The van der Waals surface area contributed by atoms with Crippen molar-refractivity contribution >= 4 is 17.7 Å². The van der Waals surface area contributed by atoms with E-state index < -0.39 is 19.1 Å². The summed E-state index contributed by atoms with van der Waals surface area (Å²) in [5, 5.41) is 2.53. The first-order valence-electron chi connectivity index (χ1n) is 7.54. The number of amides is 1. The van der Waals surface area contributed by atoms with Crippen LogP contribution in [0.4, 0.5) is 23.2 Å². The van der Waals surface area contributed by atoms with Gasteiger partial charge in [0.05, 0.1) is 7.11 Å². The van der Waals surface area contributed by atoms with Crippen molar-refractivity contribution in [2.75, 3.05) is 12.4 Å². The number of halogens is 4. The van der Waals surface area contributed by atoms with Gasteiger partial charge >= 0.3 is 13.2 Å². The number of benzene rings is 2. The quantitative estimate of drug-likeness (QED) is 0.535. The van der Waals surface area contributed by atoms with Crippen LogP contribution in [0.25, 0.3) is 6.08 Å². The zero-order valence-electron chi connectivity index (χ0n) is 14.0. The van der Waals surface area contributed by atoms with Crippen molar-refractivity contribution in [1.82, 2.24) is 0 Å². The van der Waals surface area contributed by atoms with E-state index in [1.165, 1.54) is 61.7 Å². The molecule has 0 aliphatic heterocycles. The first-order chi connectivity index (χ1) is 12.9. The second-order valence-corrected chi connectivity index (χ2v) is 5.01. The molecule has 9 heteroatoms. The Hall–Kier alpha value is -3.23. The molecule has 0 saturated heterocycles. The number of alkyl halides is 4. The van der Waals surface area contributed by atoms with Crippen LogP contribution in [0.15, 0.2) is 48.5 Å². The van der Waals surface area contributed by atoms with Crippen LogP contribution >= 0.6 is 0 Å². The minimum absolute atomic E-state index is 0.0308. The van der Waals surface area contributed by atoms with Gasteiger partial charge < -0.3 is 19.5 Å². The second-order valence-electron chi connectivity index (χ2n) is 5.01. The lowest BCUT2D eigenvalue weighted by Crippen LogP contribution is -2.08. The van der Waals surface area contributed by atoms with Crippen molar-refractivity contribution in [3.63, 3.8) is 0 Å². The molecule has 144 valence electrons. The maximum Gasteiger partial charge on any atom is 0.387 e. The van der Waals surface area contributed by atoms with Gasteiger partial charge in [0.15, 0.2) is 11.5 Å². The predicted octanol–water partition coefficient (Wildman–Crippen LogP) is 4.55. The molecule has 5 nitrogen and oxygen atoms in total. The minimum Gasteiger partial charge on any atom is -0.493 e. The number of rotatable bonds is 8. The van der Waals surface area contributed by atoms with E-state index in [1.54, 1.807) is 0 Å². The van der Waals surface area contributed by atoms with Crippen LogP contribution in [0.1, 0.15) is 5.56 Å². The number of ether oxygens (including phenoxy) is 3. The molecule has 0 aliphatic rings. The Morgan fingerprint density at radius 1 is 0.963 bits per heavy atom. The van der Waals surface area contributed by atoms with Crippen LogP contribution in [0, 0.1) is 0 Å². The van der Waals surface area contributed by atoms with Crippen LogP contribution in [-0.2, 0) is 4.79 Å².